The topological polar surface area (TPSA) is 35.2 Å². The van der Waals surface area contributed by atoms with Gasteiger partial charge in [-0.05, 0) is 35.0 Å². The Morgan fingerprint density at radius 2 is 2.09 bits per heavy atom. The Hall–Kier alpha value is -0.700. The van der Waals surface area contributed by atoms with Crippen LogP contribution in [0.5, 0.6) is 0 Å². The first-order valence-corrected chi connectivity index (χ1v) is 3.90. The Labute approximate surface area is 75.5 Å². The quantitative estimate of drug-likeness (QED) is 0.582. The average molecular weight is 218 g/mol. The van der Waals surface area contributed by atoms with E-state index >= 15 is 0 Å². The molecule has 0 rings (SSSR count). The highest BCUT2D eigenvalue weighted by molar-refractivity contribution is 9.11. The summed E-state index contributed by atoms with van der Waals surface area (Å²) in [4.78, 5) is 0. The summed E-state index contributed by atoms with van der Waals surface area (Å²) in [6.07, 6.45) is 3.53. The van der Waals surface area contributed by atoms with E-state index in [1.165, 1.54) is 0 Å². The molecule has 62 valence electrons. The van der Waals surface area contributed by atoms with Gasteiger partial charge in [-0.25, -0.2) is 0 Å². The number of hydrogen-bond donors (Lipinski definition) is 1. The molecule has 0 aliphatic carbocycles. The zero-order valence-corrected chi connectivity index (χ0v) is 8.31. The van der Waals surface area contributed by atoms with E-state index in [4.69, 9.17) is 10.5 Å². The summed E-state index contributed by atoms with van der Waals surface area (Å²) in [5, 5.41) is 0. The smallest absolute Gasteiger partial charge is 0.111 e. The van der Waals surface area contributed by atoms with Crippen molar-refractivity contribution in [1.82, 2.24) is 0 Å². The molecule has 0 unspecified atom stereocenters. The molecule has 0 heterocycles. The van der Waals surface area contributed by atoms with Gasteiger partial charge in [0.25, 0.3) is 0 Å². The van der Waals surface area contributed by atoms with Crippen LogP contribution < -0.4 is 5.73 Å². The molecule has 0 saturated carbocycles. The van der Waals surface area contributed by atoms with E-state index in [1.807, 2.05) is 6.92 Å². The van der Waals surface area contributed by atoms with Crippen molar-refractivity contribution >= 4 is 15.9 Å². The monoisotopic (exact) mass is 217 g/mol. The lowest BCUT2D eigenvalue weighted by Crippen LogP contribution is -1.91. The highest BCUT2D eigenvalue weighted by atomic mass is 79.9. The maximum absolute atomic E-state index is 5.47. The zero-order valence-electron chi connectivity index (χ0n) is 6.73. The standard InChI is InChI=1S/C8H12BrNO/c1-6(11-3)4-5-8(9)7(2)10/h4-5H,1,10H2,2-3H3/b5-4-,8-7-. The maximum Gasteiger partial charge on any atom is 0.111 e. The van der Waals surface area contributed by atoms with Crippen LogP contribution in [0, 0.1) is 0 Å². The number of halogens is 1. The molecule has 0 fully saturated rings. The third-order valence-corrected chi connectivity index (χ3v) is 1.94. The predicted molar refractivity (Wildman–Crippen MR) is 51.1 cm³/mol. The lowest BCUT2D eigenvalue weighted by atomic mass is 10.4. The molecule has 0 aliphatic heterocycles. The summed E-state index contributed by atoms with van der Waals surface area (Å²) in [7, 11) is 1.57. The number of methoxy groups -OCH3 is 1. The molecule has 0 radical (unpaired) electrons. The summed E-state index contributed by atoms with van der Waals surface area (Å²) < 4.78 is 5.66. The van der Waals surface area contributed by atoms with E-state index in [0.29, 0.717) is 5.76 Å². The average Bonchev–Trinajstić information content (AvgIpc) is 1.99. The number of rotatable bonds is 3. The van der Waals surface area contributed by atoms with E-state index in [9.17, 15) is 0 Å². The highest BCUT2D eigenvalue weighted by Gasteiger charge is 1.88. The van der Waals surface area contributed by atoms with Crippen molar-refractivity contribution in [3.8, 4) is 0 Å². The Bertz CT molecular complexity index is 202. The third-order valence-electron chi connectivity index (χ3n) is 1.05. The minimum absolute atomic E-state index is 0.600. The van der Waals surface area contributed by atoms with Crippen LogP contribution in [0.3, 0.4) is 0 Å². The fourth-order valence-corrected chi connectivity index (χ4v) is 0.498. The van der Waals surface area contributed by atoms with Gasteiger partial charge in [-0.15, -0.1) is 0 Å². The fourth-order valence-electron chi connectivity index (χ4n) is 0.366. The first-order chi connectivity index (χ1) is 5.07. The van der Waals surface area contributed by atoms with E-state index in [2.05, 4.69) is 22.5 Å². The number of hydrogen-bond acceptors (Lipinski definition) is 2. The molecular formula is C8H12BrNO. The second-order valence-electron chi connectivity index (χ2n) is 2.03. The van der Waals surface area contributed by atoms with Crippen molar-refractivity contribution in [3.63, 3.8) is 0 Å². The molecule has 0 aromatic rings. The van der Waals surface area contributed by atoms with Gasteiger partial charge >= 0.3 is 0 Å². The minimum Gasteiger partial charge on any atom is -0.497 e. The van der Waals surface area contributed by atoms with Crippen molar-refractivity contribution in [3.05, 3.63) is 34.7 Å². The molecule has 0 bridgehead atoms. The van der Waals surface area contributed by atoms with Crippen LogP contribution >= 0.6 is 15.9 Å². The fraction of sp³-hybridized carbons (Fsp3) is 0.250. The van der Waals surface area contributed by atoms with Crippen LogP contribution in [0.25, 0.3) is 0 Å². The lowest BCUT2D eigenvalue weighted by Gasteiger charge is -1.96. The first-order valence-electron chi connectivity index (χ1n) is 3.10. The van der Waals surface area contributed by atoms with Gasteiger partial charge in [-0.2, -0.15) is 0 Å². The van der Waals surface area contributed by atoms with Gasteiger partial charge in [0.05, 0.1) is 7.11 Å². The Kier molecular flexibility index (Phi) is 4.70. The lowest BCUT2D eigenvalue weighted by molar-refractivity contribution is 0.309. The van der Waals surface area contributed by atoms with Gasteiger partial charge in [0.15, 0.2) is 0 Å². The third kappa shape index (κ3) is 4.67. The van der Waals surface area contributed by atoms with Crippen LogP contribution in [-0.4, -0.2) is 7.11 Å². The first kappa shape index (κ1) is 10.3. The normalized spacial score (nSPS) is 13.0. The van der Waals surface area contributed by atoms with E-state index in [0.717, 1.165) is 10.2 Å². The van der Waals surface area contributed by atoms with Crippen molar-refractivity contribution in [2.24, 2.45) is 5.73 Å². The maximum atomic E-state index is 5.47. The van der Waals surface area contributed by atoms with E-state index in [1.54, 1.807) is 19.3 Å². The van der Waals surface area contributed by atoms with Crippen molar-refractivity contribution in [1.29, 1.82) is 0 Å². The molecule has 0 atom stereocenters. The summed E-state index contributed by atoms with van der Waals surface area (Å²) in [5.74, 6) is 0.600. The second kappa shape index (κ2) is 5.02. The van der Waals surface area contributed by atoms with Gasteiger partial charge in [-0.1, -0.05) is 6.58 Å². The molecule has 3 heteroatoms. The largest absolute Gasteiger partial charge is 0.497 e. The number of allylic oxidation sites excluding steroid dienone is 4. The van der Waals surface area contributed by atoms with Crippen LogP contribution in [0.4, 0.5) is 0 Å². The zero-order chi connectivity index (χ0) is 8.85. The molecule has 2 nitrogen and oxygen atoms in total. The Balaban J connectivity index is 4.15. The number of ether oxygens (including phenoxy) is 1. The van der Waals surface area contributed by atoms with Crippen LogP contribution in [0.2, 0.25) is 0 Å². The molecule has 11 heavy (non-hydrogen) atoms. The Morgan fingerprint density at radius 1 is 1.55 bits per heavy atom. The van der Waals surface area contributed by atoms with Gasteiger partial charge in [0.1, 0.15) is 5.76 Å². The molecule has 2 N–H and O–H groups in total. The predicted octanol–water partition coefficient (Wildman–Crippen LogP) is 2.29. The minimum atomic E-state index is 0.600. The SMILES string of the molecule is C=C(/C=C\C(Br)=C(/C)N)OC. The van der Waals surface area contributed by atoms with Crippen molar-refractivity contribution < 1.29 is 4.74 Å². The van der Waals surface area contributed by atoms with E-state index in [-0.39, 0.29) is 0 Å². The summed E-state index contributed by atoms with van der Waals surface area (Å²) in [6.45, 7) is 5.42. The van der Waals surface area contributed by atoms with E-state index < -0.39 is 0 Å². The van der Waals surface area contributed by atoms with Gasteiger partial charge in [0.2, 0.25) is 0 Å². The van der Waals surface area contributed by atoms with Crippen molar-refractivity contribution in [2.75, 3.05) is 7.11 Å². The molecular weight excluding hydrogens is 206 g/mol. The molecule has 0 saturated heterocycles. The summed E-state index contributed by atoms with van der Waals surface area (Å²) in [6, 6.07) is 0. The molecule has 0 aromatic carbocycles. The van der Waals surface area contributed by atoms with Crippen LogP contribution in [0.15, 0.2) is 34.7 Å². The molecule has 0 aliphatic rings. The van der Waals surface area contributed by atoms with Crippen molar-refractivity contribution in [2.45, 2.75) is 6.92 Å². The van der Waals surface area contributed by atoms with Gasteiger partial charge in [0, 0.05) is 10.2 Å². The van der Waals surface area contributed by atoms with Gasteiger partial charge in [-0.3, -0.25) is 0 Å². The molecule has 0 aromatic heterocycles. The highest BCUT2D eigenvalue weighted by Crippen LogP contribution is 2.10. The molecule has 0 spiro atoms. The second-order valence-corrected chi connectivity index (χ2v) is 2.89. The van der Waals surface area contributed by atoms with Crippen LogP contribution in [-0.2, 0) is 4.74 Å². The Morgan fingerprint density at radius 3 is 2.45 bits per heavy atom. The number of nitrogens with two attached hydrogens (primary N) is 1. The molecule has 0 amide bonds. The summed E-state index contributed by atoms with van der Waals surface area (Å²) >= 11 is 3.27. The van der Waals surface area contributed by atoms with Crippen LogP contribution in [0.1, 0.15) is 6.92 Å². The summed E-state index contributed by atoms with van der Waals surface area (Å²) in [5.41, 5.74) is 6.20. The van der Waals surface area contributed by atoms with Gasteiger partial charge < -0.3 is 10.5 Å².